The monoisotopic (exact) mass is 324 g/mol. The Balaban J connectivity index is 1.71. The van der Waals surface area contributed by atoms with E-state index in [2.05, 4.69) is 79.2 Å². The van der Waals surface area contributed by atoms with Crippen molar-refractivity contribution in [2.24, 2.45) is 5.92 Å². The van der Waals surface area contributed by atoms with Crippen LogP contribution in [-0.4, -0.2) is 30.6 Å². The van der Waals surface area contributed by atoms with Crippen molar-refractivity contribution in [3.05, 3.63) is 48.5 Å². The van der Waals surface area contributed by atoms with Crippen LogP contribution in [0.1, 0.15) is 20.3 Å². The summed E-state index contributed by atoms with van der Waals surface area (Å²) in [4.78, 5) is 7.83. The molecule has 2 aromatic rings. The van der Waals surface area contributed by atoms with E-state index < -0.39 is 0 Å². The topological polar surface area (TPSA) is 6.48 Å². The van der Waals surface area contributed by atoms with Crippen molar-refractivity contribution in [1.29, 1.82) is 0 Å². The average Bonchev–Trinajstić information content (AvgIpc) is 2.81. The van der Waals surface area contributed by atoms with Crippen molar-refractivity contribution in [3.8, 4) is 0 Å². The van der Waals surface area contributed by atoms with Gasteiger partial charge in [0.15, 0.2) is 0 Å². The van der Waals surface area contributed by atoms with Crippen molar-refractivity contribution in [3.63, 3.8) is 0 Å². The van der Waals surface area contributed by atoms with Crippen molar-refractivity contribution >= 4 is 23.1 Å². The second-order valence-corrected chi connectivity index (χ2v) is 7.98. The third kappa shape index (κ3) is 2.56. The highest BCUT2D eigenvalue weighted by atomic mass is 32.2. The molecule has 0 spiro atoms. The number of rotatable bonds is 2. The van der Waals surface area contributed by atoms with Gasteiger partial charge >= 0.3 is 0 Å². The normalized spacial score (nSPS) is 26.9. The lowest BCUT2D eigenvalue weighted by Gasteiger charge is -2.35. The van der Waals surface area contributed by atoms with Crippen molar-refractivity contribution in [2.45, 2.75) is 42.1 Å². The zero-order valence-corrected chi connectivity index (χ0v) is 14.9. The van der Waals surface area contributed by atoms with Crippen LogP contribution in [0.5, 0.6) is 0 Å². The van der Waals surface area contributed by atoms with Gasteiger partial charge in [-0.3, -0.25) is 0 Å². The maximum atomic E-state index is 2.55. The highest BCUT2D eigenvalue weighted by Crippen LogP contribution is 2.48. The molecule has 0 radical (unpaired) electrons. The number of likely N-dealkylation sites (tertiary alicyclic amines) is 1. The molecule has 0 saturated carbocycles. The summed E-state index contributed by atoms with van der Waals surface area (Å²) in [6.45, 7) is 5.83. The van der Waals surface area contributed by atoms with Crippen LogP contribution in [-0.2, 0) is 0 Å². The maximum Gasteiger partial charge on any atom is 0.0552 e. The van der Waals surface area contributed by atoms with Crippen LogP contribution in [0.3, 0.4) is 0 Å². The van der Waals surface area contributed by atoms with Crippen molar-refractivity contribution in [1.82, 2.24) is 4.90 Å². The predicted molar refractivity (Wildman–Crippen MR) is 98.8 cm³/mol. The SMILES string of the molecule is C[C@@H]1C[C@H](CN2c3ccccc3Sc3ccccc32)[C@H](C)N1C. The van der Waals surface area contributed by atoms with E-state index in [0.29, 0.717) is 18.0 Å². The van der Waals surface area contributed by atoms with Gasteiger partial charge in [0.05, 0.1) is 11.4 Å². The predicted octanol–water partition coefficient (Wildman–Crippen LogP) is 5.02. The summed E-state index contributed by atoms with van der Waals surface area (Å²) >= 11 is 1.89. The third-order valence-electron chi connectivity index (χ3n) is 5.61. The fourth-order valence-corrected chi connectivity index (χ4v) is 5.07. The molecule has 0 amide bonds. The summed E-state index contributed by atoms with van der Waals surface area (Å²) in [5.74, 6) is 0.708. The minimum atomic E-state index is 0.638. The highest BCUT2D eigenvalue weighted by Gasteiger charge is 2.36. The molecule has 1 saturated heterocycles. The van der Waals surface area contributed by atoms with E-state index in [-0.39, 0.29) is 0 Å². The Morgan fingerprint density at radius 2 is 1.52 bits per heavy atom. The smallest absolute Gasteiger partial charge is 0.0552 e. The van der Waals surface area contributed by atoms with E-state index in [9.17, 15) is 0 Å². The van der Waals surface area contributed by atoms with Crippen LogP contribution in [0.15, 0.2) is 58.3 Å². The molecule has 1 fully saturated rings. The van der Waals surface area contributed by atoms with Gasteiger partial charge in [-0.05, 0) is 57.5 Å². The van der Waals surface area contributed by atoms with Crippen LogP contribution in [0.4, 0.5) is 11.4 Å². The first kappa shape index (κ1) is 15.1. The first-order valence-corrected chi connectivity index (χ1v) is 9.32. The van der Waals surface area contributed by atoms with E-state index in [1.54, 1.807) is 0 Å². The molecule has 120 valence electrons. The van der Waals surface area contributed by atoms with Gasteiger partial charge in [0.25, 0.3) is 0 Å². The second-order valence-electron chi connectivity index (χ2n) is 6.90. The minimum absolute atomic E-state index is 0.638. The lowest BCUT2D eigenvalue weighted by Crippen LogP contribution is -2.35. The lowest BCUT2D eigenvalue weighted by molar-refractivity contribution is 0.250. The fourth-order valence-electron chi connectivity index (χ4n) is 3.97. The summed E-state index contributed by atoms with van der Waals surface area (Å²) < 4.78 is 0. The van der Waals surface area contributed by atoms with Crippen LogP contribution in [0, 0.1) is 5.92 Å². The van der Waals surface area contributed by atoms with Gasteiger partial charge in [0.1, 0.15) is 0 Å². The van der Waals surface area contributed by atoms with Crippen LogP contribution in [0.25, 0.3) is 0 Å². The van der Waals surface area contributed by atoms with E-state index in [4.69, 9.17) is 0 Å². The molecule has 3 heteroatoms. The number of hydrogen-bond acceptors (Lipinski definition) is 3. The van der Waals surface area contributed by atoms with Crippen LogP contribution >= 0.6 is 11.8 Å². The third-order valence-corrected chi connectivity index (χ3v) is 6.74. The number of benzene rings is 2. The second kappa shape index (κ2) is 5.88. The van der Waals surface area contributed by atoms with E-state index >= 15 is 0 Å². The summed E-state index contributed by atoms with van der Waals surface area (Å²) in [5, 5.41) is 0. The molecule has 0 bridgehead atoms. The van der Waals surface area contributed by atoms with Crippen molar-refractivity contribution < 1.29 is 0 Å². The number of nitrogens with zero attached hydrogens (tertiary/aromatic N) is 2. The summed E-state index contributed by atoms with van der Waals surface area (Å²) in [6, 6.07) is 19.0. The number of anilines is 2. The van der Waals surface area contributed by atoms with Gasteiger partial charge in [-0.1, -0.05) is 36.0 Å². The molecule has 0 aliphatic carbocycles. The number of fused-ring (bicyclic) bond motifs is 2. The Labute approximate surface area is 143 Å². The van der Waals surface area contributed by atoms with Gasteiger partial charge in [-0.15, -0.1) is 0 Å². The zero-order chi connectivity index (χ0) is 16.0. The molecular formula is C20H24N2S. The molecule has 2 aliphatic rings. The van der Waals surface area contributed by atoms with E-state index in [1.165, 1.54) is 27.6 Å². The molecule has 2 aromatic carbocycles. The quantitative estimate of drug-likeness (QED) is 0.766. The Morgan fingerprint density at radius 1 is 0.957 bits per heavy atom. The van der Waals surface area contributed by atoms with Gasteiger partial charge in [-0.2, -0.15) is 0 Å². The van der Waals surface area contributed by atoms with Crippen molar-refractivity contribution in [2.75, 3.05) is 18.5 Å². The molecule has 2 nitrogen and oxygen atoms in total. The molecule has 0 aromatic heterocycles. The summed E-state index contributed by atoms with van der Waals surface area (Å²) in [6.07, 6.45) is 1.28. The summed E-state index contributed by atoms with van der Waals surface area (Å²) in [7, 11) is 2.27. The Hall–Kier alpha value is -1.45. The van der Waals surface area contributed by atoms with Gasteiger partial charge < -0.3 is 9.80 Å². The molecular weight excluding hydrogens is 300 g/mol. The number of hydrogen-bond donors (Lipinski definition) is 0. The fraction of sp³-hybridized carbons (Fsp3) is 0.400. The average molecular weight is 324 g/mol. The minimum Gasteiger partial charge on any atom is -0.339 e. The summed E-state index contributed by atoms with van der Waals surface area (Å²) in [5.41, 5.74) is 2.73. The van der Waals surface area contributed by atoms with Crippen LogP contribution < -0.4 is 4.90 Å². The zero-order valence-electron chi connectivity index (χ0n) is 14.1. The lowest BCUT2D eigenvalue weighted by atomic mass is 9.99. The molecule has 2 heterocycles. The Kier molecular flexibility index (Phi) is 3.86. The van der Waals surface area contributed by atoms with E-state index in [1.807, 2.05) is 11.8 Å². The molecule has 4 rings (SSSR count). The molecule has 2 aliphatic heterocycles. The Bertz CT molecular complexity index is 669. The molecule has 3 atom stereocenters. The standard InChI is InChI=1S/C20H24N2S/c1-14-12-16(15(2)21(14)3)13-22-17-8-4-6-10-19(17)23-20-11-7-5-9-18(20)22/h4-11,14-16H,12-13H2,1-3H3/t14-,15+,16-/m1/s1. The molecule has 0 N–H and O–H groups in total. The largest absolute Gasteiger partial charge is 0.339 e. The molecule has 23 heavy (non-hydrogen) atoms. The maximum absolute atomic E-state index is 2.55. The number of para-hydroxylation sites is 2. The van der Waals surface area contributed by atoms with Gasteiger partial charge in [-0.25, -0.2) is 0 Å². The highest BCUT2D eigenvalue weighted by molar-refractivity contribution is 7.99. The Morgan fingerprint density at radius 3 is 2.04 bits per heavy atom. The first-order valence-electron chi connectivity index (χ1n) is 8.50. The van der Waals surface area contributed by atoms with Gasteiger partial charge in [0.2, 0.25) is 0 Å². The van der Waals surface area contributed by atoms with Crippen LogP contribution in [0.2, 0.25) is 0 Å². The van der Waals surface area contributed by atoms with E-state index in [0.717, 1.165) is 6.54 Å². The first-order chi connectivity index (χ1) is 11.1. The molecule has 0 unspecified atom stereocenters. The van der Waals surface area contributed by atoms with Gasteiger partial charge in [0, 0.05) is 28.4 Å².